The summed E-state index contributed by atoms with van der Waals surface area (Å²) in [6.07, 6.45) is 2.01. The van der Waals surface area contributed by atoms with Crippen molar-refractivity contribution in [3.63, 3.8) is 0 Å². The number of rotatable bonds is 3. The van der Waals surface area contributed by atoms with Crippen LogP contribution in [0.25, 0.3) is 0 Å². The predicted octanol–water partition coefficient (Wildman–Crippen LogP) is 4.31. The van der Waals surface area contributed by atoms with Gasteiger partial charge in [-0.3, -0.25) is 9.69 Å². The molecule has 3 heterocycles. The first-order valence-electron chi connectivity index (χ1n) is 9.56. The average Bonchev–Trinajstić information content (AvgIpc) is 2.75. The van der Waals surface area contributed by atoms with E-state index in [4.69, 9.17) is 27.9 Å². The predicted molar refractivity (Wildman–Crippen MR) is 116 cm³/mol. The first-order valence-corrected chi connectivity index (χ1v) is 10.3. The number of anilines is 3. The third kappa shape index (κ3) is 3.67. The van der Waals surface area contributed by atoms with Crippen LogP contribution in [0, 0.1) is 5.82 Å². The first kappa shape index (κ1) is 20.0. The first-order chi connectivity index (χ1) is 15.0. The highest BCUT2D eigenvalue weighted by molar-refractivity contribution is 6.40. The van der Waals surface area contributed by atoms with Gasteiger partial charge in [0.05, 0.1) is 15.7 Å². The number of hydrogen-bond acceptors (Lipinski definition) is 6. The summed E-state index contributed by atoms with van der Waals surface area (Å²) in [5.74, 6) is -0.326. The fourth-order valence-electron chi connectivity index (χ4n) is 3.69. The number of amides is 1. The van der Waals surface area contributed by atoms with Gasteiger partial charge in [0.25, 0.3) is 5.91 Å². The van der Waals surface area contributed by atoms with Crippen LogP contribution in [0.5, 0.6) is 5.88 Å². The van der Waals surface area contributed by atoms with Crippen molar-refractivity contribution < 1.29 is 13.9 Å². The lowest BCUT2D eigenvalue weighted by Gasteiger charge is -2.29. The topological polar surface area (TPSA) is 79.4 Å². The SMILES string of the molecule is O=C1c2cnc(Nc3cc(F)c4c(c3)CNCC4)nc2OCN1c1c(Cl)cccc1Cl. The molecule has 2 aliphatic heterocycles. The monoisotopic (exact) mass is 459 g/mol. The molecule has 1 amide bonds. The molecule has 31 heavy (non-hydrogen) atoms. The lowest BCUT2D eigenvalue weighted by molar-refractivity contribution is 0.0932. The molecule has 0 fully saturated rings. The lowest BCUT2D eigenvalue weighted by atomic mass is 10.00. The van der Waals surface area contributed by atoms with Crippen molar-refractivity contribution in [3.8, 4) is 5.88 Å². The largest absolute Gasteiger partial charge is 0.455 e. The zero-order chi connectivity index (χ0) is 21.5. The Bertz CT molecular complexity index is 1190. The summed E-state index contributed by atoms with van der Waals surface area (Å²) >= 11 is 12.4. The summed E-state index contributed by atoms with van der Waals surface area (Å²) in [5.41, 5.74) is 2.68. The number of aromatic nitrogens is 2. The lowest BCUT2D eigenvalue weighted by Crippen LogP contribution is -2.39. The maximum atomic E-state index is 14.4. The zero-order valence-corrected chi connectivity index (χ0v) is 17.6. The number of nitrogens with one attached hydrogen (secondary N) is 2. The van der Waals surface area contributed by atoms with Crippen molar-refractivity contribution in [2.45, 2.75) is 13.0 Å². The Morgan fingerprint density at radius 2 is 2.03 bits per heavy atom. The smallest absolute Gasteiger partial charge is 0.268 e. The van der Waals surface area contributed by atoms with Gasteiger partial charge in [-0.05, 0) is 48.4 Å². The van der Waals surface area contributed by atoms with E-state index in [-0.39, 0.29) is 35.8 Å². The molecule has 0 saturated carbocycles. The number of ether oxygens (including phenoxy) is 1. The van der Waals surface area contributed by atoms with Crippen molar-refractivity contribution in [3.05, 3.63) is 69.1 Å². The summed E-state index contributed by atoms with van der Waals surface area (Å²) < 4.78 is 20.1. The normalized spacial score (nSPS) is 15.2. The third-order valence-electron chi connectivity index (χ3n) is 5.18. The van der Waals surface area contributed by atoms with Crippen LogP contribution in [0.3, 0.4) is 0 Å². The van der Waals surface area contributed by atoms with E-state index in [0.29, 0.717) is 34.4 Å². The highest BCUT2D eigenvalue weighted by Gasteiger charge is 2.31. The van der Waals surface area contributed by atoms with E-state index in [1.807, 2.05) is 6.07 Å². The number of benzene rings is 2. The van der Waals surface area contributed by atoms with E-state index in [1.165, 1.54) is 17.2 Å². The summed E-state index contributed by atoms with van der Waals surface area (Å²) in [5, 5.41) is 6.87. The van der Waals surface area contributed by atoms with Crippen molar-refractivity contribution in [1.29, 1.82) is 0 Å². The molecule has 2 N–H and O–H groups in total. The van der Waals surface area contributed by atoms with Gasteiger partial charge < -0.3 is 15.4 Å². The molecule has 1 aromatic heterocycles. The highest BCUT2D eigenvalue weighted by Crippen LogP contribution is 2.37. The summed E-state index contributed by atoms with van der Waals surface area (Å²) in [4.78, 5) is 22.8. The molecule has 0 radical (unpaired) electrons. The van der Waals surface area contributed by atoms with Gasteiger partial charge in [0.1, 0.15) is 11.4 Å². The quantitative estimate of drug-likeness (QED) is 0.607. The highest BCUT2D eigenvalue weighted by atomic mass is 35.5. The van der Waals surface area contributed by atoms with Crippen molar-refractivity contribution in [2.24, 2.45) is 0 Å². The number of para-hydroxylation sites is 1. The number of nitrogens with zero attached hydrogens (tertiary/aromatic N) is 3. The van der Waals surface area contributed by atoms with Crippen LogP contribution >= 0.6 is 23.2 Å². The number of carbonyl (C=O) groups is 1. The molecule has 10 heteroatoms. The number of hydrogen-bond donors (Lipinski definition) is 2. The minimum Gasteiger partial charge on any atom is -0.455 e. The Balaban J connectivity index is 1.41. The Labute approximate surface area is 187 Å². The zero-order valence-electron chi connectivity index (χ0n) is 16.1. The van der Waals surface area contributed by atoms with Gasteiger partial charge in [0.15, 0.2) is 6.73 Å². The summed E-state index contributed by atoms with van der Waals surface area (Å²) in [7, 11) is 0. The molecule has 3 aromatic rings. The van der Waals surface area contributed by atoms with E-state index in [1.54, 1.807) is 18.2 Å². The van der Waals surface area contributed by atoms with E-state index in [9.17, 15) is 9.18 Å². The molecule has 158 valence electrons. The van der Waals surface area contributed by atoms with Gasteiger partial charge in [-0.2, -0.15) is 4.98 Å². The molecule has 0 atom stereocenters. The van der Waals surface area contributed by atoms with E-state index >= 15 is 0 Å². The molecular weight excluding hydrogens is 444 g/mol. The van der Waals surface area contributed by atoms with Crippen molar-refractivity contribution in [2.75, 3.05) is 23.5 Å². The fraction of sp³-hybridized carbons (Fsp3) is 0.190. The van der Waals surface area contributed by atoms with E-state index in [0.717, 1.165) is 17.7 Å². The van der Waals surface area contributed by atoms with Crippen molar-refractivity contribution in [1.82, 2.24) is 15.3 Å². The molecule has 0 aliphatic carbocycles. The Morgan fingerprint density at radius 3 is 2.84 bits per heavy atom. The molecule has 0 spiro atoms. The van der Waals surface area contributed by atoms with Crippen molar-refractivity contribution >= 4 is 46.4 Å². The maximum Gasteiger partial charge on any atom is 0.268 e. The van der Waals surface area contributed by atoms with Crippen LogP contribution in [0.2, 0.25) is 10.0 Å². The summed E-state index contributed by atoms with van der Waals surface area (Å²) in [6.45, 7) is 1.25. The number of carbonyl (C=O) groups excluding carboxylic acids is 1. The van der Waals surface area contributed by atoms with Gasteiger partial charge >= 0.3 is 0 Å². The minimum absolute atomic E-state index is 0.106. The van der Waals surface area contributed by atoms with E-state index < -0.39 is 0 Å². The molecule has 0 unspecified atom stereocenters. The standard InChI is InChI=1S/C21H16Cl2FN5O2/c22-15-2-1-3-16(23)18(15)29-10-31-19-14(20(29)30)9-26-21(28-19)27-12-6-11-8-25-5-4-13(11)17(24)7-12/h1-3,6-7,9,25H,4-5,8,10H2,(H,26,27,28). The van der Waals surface area contributed by atoms with Crippen LogP contribution in [0.15, 0.2) is 36.5 Å². The minimum atomic E-state index is -0.381. The number of fused-ring (bicyclic) bond motifs is 2. The van der Waals surface area contributed by atoms with Crippen LogP contribution in [-0.4, -0.2) is 29.2 Å². The second-order valence-electron chi connectivity index (χ2n) is 7.14. The molecule has 0 bridgehead atoms. The molecule has 0 saturated heterocycles. The van der Waals surface area contributed by atoms with Gasteiger partial charge in [-0.15, -0.1) is 0 Å². The van der Waals surface area contributed by atoms with Gasteiger partial charge in [-0.1, -0.05) is 29.3 Å². The van der Waals surface area contributed by atoms with Crippen LogP contribution < -0.4 is 20.3 Å². The van der Waals surface area contributed by atoms with Gasteiger partial charge in [0, 0.05) is 18.4 Å². The Kier molecular flexibility index (Phi) is 5.13. The van der Waals surface area contributed by atoms with Gasteiger partial charge in [0.2, 0.25) is 11.8 Å². The second-order valence-corrected chi connectivity index (χ2v) is 7.95. The average molecular weight is 460 g/mol. The Morgan fingerprint density at radius 1 is 1.23 bits per heavy atom. The molecule has 7 nitrogen and oxygen atoms in total. The second kappa shape index (κ2) is 7.96. The summed E-state index contributed by atoms with van der Waals surface area (Å²) in [6, 6.07) is 8.25. The van der Waals surface area contributed by atoms with Crippen LogP contribution in [-0.2, 0) is 13.0 Å². The Hall–Kier alpha value is -2.94. The maximum absolute atomic E-state index is 14.4. The third-order valence-corrected chi connectivity index (χ3v) is 5.79. The van der Waals surface area contributed by atoms with Crippen LogP contribution in [0.1, 0.15) is 21.5 Å². The van der Waals surface area contributed by atoms with Crippen LogP contribution in [0.4, 0.5) is 21.7 Å². The fourth-order valence-corrected chi connectivity index (χ4v) is 4.30. The molecule has 5 rings (SSSR count). The molecule has 2 aliphatic rings. The molecule has 2 aromatic carbocycles. The number of halogens is 3. The van der Waals surface area contributed by atoms with E-state index in [2.05, 4.69) is 20.6 Å². The molecular formula is C21H16Cl2FN5O2. The van der Waals surface area contributed by atoms with Gasteiger partial charge in [-0.25, -0.2) is 9.37 Å².